The van der Waals surface area contributed by atoms with E-state index in [1.807, 2.05) is 30.8 Å². The summed E-state index contributed by atoms with van der Waals surface area (Å²) in [4.78, 5) is 26.5. The quantitative estimate of drug-likeness (QED) is 0.917. The van der Waals surface area contributed by atoms with Gasteiger partial charge in [-0.25, -0.2) is 0 Å². The van der Waals surface area contributed by atoms with Crippen LogP contribution >= 0.6 is 0 Å². The highest BCUT2D eigenvalue weighted by Gasteiger charge is 2.50. The summed E-state index contributed by atoms with van der Waals surface area (Å²) in [5.74, 6) is -0.235. The van der Waals surface area contributed by atoms with Crippen LogP contribution in [0.3, 0.4) is 0 Å². The van der Waals surface area contributed by atoms with Crippen LogP contribution in [0, 0.1) is 0 Å². The number of amides is 2. The average molecular weight is 292 g/mol. The molecule has 0 aromatic carbocycles. The first-order valence-electron chi connectivity index (χ1n) is 7.24. The summed E-state index contributed by atoms with van der Waals surface area (Å²) >= 11 is 0. The second-order valence-corrected chi connectivity index (χ2v) is 6.91. The van der Waals surface area contributed by atoms with Crippen molar-refractivity contribution in [3.63, 3.8) is 0 Å². The molecule has 2 amide bonds. The third kappa shape index (κ3) is 2.66. The lowest BCUT2D eigenvalue weighted by Crippen LogP contribution is -2.71. The number of hydrogen-bond acceptors (Lipinski definition) is 3. The van der Waals surface area contributed by atoms with Crippen LogP contribution in [-0.4, -0.2) is 37.6 Å². The lowest BCUT2D eigenvalue weighted by molar-refractivity contribution is -0.160. The van der Waals surface area contributed by atoms with Gasteiger partial charge in [-0.05, 0) is 47.6 Å². The van der Waals surface area contributed by atoms with Gasteiger partial charge in [0.05, 0.1) is 12.2 Å². The molecule has 0 aliphatic carbocycles. The van der Waals surface area contributed by atoms with Crippen molar-refractivity contribution in [2.24, 2.45) is 0 Å². The number of rotatable bonds is 3. The van der Waals surface area contributed by atoms with Crippen molar-refractivity contribution < 1.29 is 9.59 Å². The van der Waals surface area contributed by atoms with E-state index in [1.54, 1.807) is 32.6 Å². The Hall–Kier alpha value is -1.85. The van der Waals surface area contributed by atoms with Crippen LogP contribution in [0.25, 0.3) is 0 Å². The van der Waals surface area contributed by atoms with Crippen molar-refractivity contribution in [1.29, 1.82) is 0 Å². The third-order valence-electron chi connectivity index (χ3n) is 3.95. The molecule has 1 N–H and O–H groups in total. The highest BCUT2D eigenvalue weighted by molar-refractivity contribution is 6.01. The minimum atomic E-state index is -0.882. The molecule has 21 heavy (non-hydrogen) atoms. The largest absolute Gasteiger partial charge is 0.340 e. The number of piperazine rings is 1. The van der Waals surface area contributed by atoms with Gasteiger partial charge in [0.2, 0.25) is 11.8 Å². The predicted molar refractivity (Wildman–Crippen MR) is 79.5 cm³/mol. The molecule has 0 spiro atoms. The van der Waals surface area contributed by atoms with Crippen LogP contribution in [0.4, 0.5) is 0 Å². The number of aromatic nitrogens is 2. The maximum atomic E-state index is 12.6. The number of nitrogens with zero attached hydrogens (tertiary/aromatic N) is 3. The van der Waals surface area contributed by atoms with Gasteiger partial charge in [0.15, 0.2) is 0 Å². The van der Waals surface area contributed by atoms with E-state index >= 15 is 0 Å². The van der Waals surface area contributed by atoms with Gasteiger partial charge in [0.1, 0.15) is 11.1 Å². The molecule has 1 aromatic heterocycles. The molecule has 1 aromatic rings. The molecule has 2 rings (SSSR count). The predicted octanol–water partition coefficient (Wildman–Crippen LogP) is 1.48. The number of hydrogen-bond donors (Lipinski definition) is 1. The lowest BCUT2D eigenvalue weighted by Gasteiger charge is -2.47. The Labute approximate surface area is 125 Å². The molecule has 6 heteroatoms. The van der Waals surface area contributed by atoms with Crippen LogP contribution in [0.2, 0.25) is 0 Å². The van der Waals surface area contributed by atoms with Gasteiger partial charge in [-0.1, -0.05) is 0 Å². The van der Waals surface area contributed by atoms with Crippen LogP contribution in [0.5, 0.6) is 0 Å². The molecule has 1 aliphatic rings. The van der Waals surface area contributed by atoms with Crippen LogP contribution in [0.1, 0.15) is 53.3 Å². The fourth-order valence-electron chi connectivity index (χ4n) is 2.38. The summed E-state index contributed by atoms with van der Waals surface area (Å²) in [5.41, 5.74) is -0.975. The zero-order valence-electron chi connectivity index (χ0n) is 13.6. The molecule has 0 bridgehead atoms. The number of carbonyl (C=O) groups is 2. The summed E-state index contributed by atoms with van der Waals surface area (Å²) < 4.78 is 1.85. The van der Waals surface area contributed by atoms with Gasteiger partial charge in [-0.3, -0.25) is 14.3 Å². The minimum absolute atomic E-state index is 0.0915. The van der Waals surface area contributed by atoms with Crippen molar-refractivity contribution in [2.75, 3.05) is 0 Å². The molecular formula is C15H24N4O2. The first-order valence-corrected chi connectivity index (χ1v) is 7.24. The maximum absolute atomic E-state index is 12.6. The van der Waals surface area contributed by atoms with Crippen LogP contribution < -0.4 is 5.32 Å². The smallest absolute Gasteiger partial charge is 0.248 e. The molecular weight excluding hydrogens is 268 g/mol. The maximum Gasteiger partial charge on any atom is 0.248 e. The molecule has 1 saturated heterocycles. The summed E-state index contributed by atoms with van der Waals surface area (Å²) in [6, 6.07) is 2.16. The van der Waals surface area contributed by atoms with Gasteiger partial charge >= 0.3 is 0 Å². The van der Waals surface area contributed by atoms with Crippen molar-refractivity contribution >= 4 is 11.8 Å². The molecule has 116 valence electrons. The monoisotopic (exact) mass is 292 g/mol. The Morgan fingerprint density at radius 3 is 2.38 bits per heavy atom. The van der Waals surface area contributed by atoms with Gasteiger partial charge in [0.25, 0.3) is 0 Å². The summed E-state index contributed by atoms with van der Waals surface area (Å²) in [6.07, 6.45) is 1.90. The van der Waals surface area contributed by atoms with Crippen molar-refractivity contribution in [2.45, 2.75) is 65.2 Å². The average Bonchev–Trinajstić information content (AvgIpc) is 2.81. The summed E-state index contributed by atoms with van der Waals surface area (Å²) in [5, 5.41) is 7.25. The van der Waals surface area contributed by atoms with Gasteiger partial charge in [-0.15, -0.1) is 0 Å². The molecule has 1 fully saturated rings. The van der Waals surface area contributed by atoms with E-state index in [4.69, 9.17) is 0 Å². The number of nitrogens with one attached hydrogen (secondary N) is 1. The van der Waals surface area contributed by atoms with E-state index in [2.05, 4.69) is 10.4 Å². The van der Waals surface area contributed by atoms with E-state index in [9.17, 15) is 9.59 Å². The lowest BCUT2D eigenvalue weighted by atomic mass is 9.89. The third-order valence-corrected chi connectivity index (χ3v) is 3.95. The first kappa shape index (κ1) is 15.5. The van der Waals surface area contributed by atoms with Crippen molar-refractivity contribution in [3.05, 3.63) is 18.0 Å². The molecule has 0 atom stereocenters. The van der Waals surface area contributed by atoms with Crippen LogP contribution in [-0.2, 0) is 16.1 Å². The van der Waals surface area contributed by atoms with E-state index in [0.717, 1.165) is 5.69 Å². The Morgan fingerprint density at radius 1 is 1.24 bits per heavy atom. The van der Waals surface area contributed by atoms with E-state index in [-0.39, 0.29) is 17.9 Å². The fourth-order valence-corrected chi connectivity index (χ4v) is 2.38. The highest BCUT2D eigenvalue weighted by atomic mass is 16.2. The Bertz CT molecular complexity index is 572. The Morgan fingerprint density at radius 2 is 1.86 bits per heavy atom. The van der Waals surface area contributed by atoms with Crippen molar-refractivity contribution in [1.82, 2.24) is 20.0 Å². The van der Waals surface area contributed by atoms with Gasteiger partial charge in [-0.2, -0.15) is 5.10 Å². The zero-order valence-corrected chi connectivity index (χ0v) is 13.6. The van der Waals surface area contributed by atoms with Gasteiger partial charge < -0.3 is 10.2 Å². The van der Waals surface area contributed by atoms with Gasteiger partial charge in [0, 0.05) is 12.2 Å². The fraction of sp³-hybridized carbons (Fsp3) is 0.667. The summed E-state index contributed by atoms with van der Waals surface area (Å²) in [7, 11) is 0. The van der Waals surface area contributed by atoms with E-state index in [1.165, 1.54) is 0 Å². The SMILES string of the molecule is CC(C)n1ccc(CN2C(=O)C(C)(C)NC(=O)C2(C)C)n1. The summed E-state index contributed by atoms with van der Waals surface area (Å²) in [6.45, 7) is 11.4. The Kier molecular flexibility index (Phi) is 3.59. The first-order chi connectivity index (χ1) is 9.55. The molecule has 0 unspecified atom stereocenters. The highest BCUT2D eigenvalue weighted by Crippen LogP contribution is 2.27. The molecule has 0 radical (unpaired) electrons. The topological polar surface area (TPSA) is 67.2 Å². The Balaban J connectivity index is 2.30. The normalized spacial score (nSPS) is 20.8. The van der Waals surface area contributed by atoms with Crippen LogP contribution in [0.15, 0.2) is 12.3 Å². The zero-order chi connectivity index (χ0) is 16.0. The van der Waals surface area contributed by atoms with E-state index in [0.29, 0.717) is 6.54 Å². The second-order valence-electron chi connectivity index (χ2n) is 6.91. The molecule has 0 saturated carbocycles. The minimum Gasteiger partial charge on any atom is -0.340 e. The van der Waals surface area contributed by atoms with Crippen molar-refractivity contribution in [3.8, 4) is 0 Å². The standard InChI is InChI=1S/C15H24N4O2/c1-10(2)19-8-7-11(17-19)9-18-13(21)14(3,4)16-12(20)15(18,5)6/h7-8,10H,9H2,1-6H3,(H,16,20). The second kappa shape index (κ2) is 4.86. The molecule has 2 heterocycles. The molecule has 1 aliphatic heterocycles. The number of carbonyl (C=O) groups excluding carboxylic acids is 2. The van der Waals surface area contributed by atoms with E-state index < -0.39 is 11.1 Å². The molecule has 6 nitrogen and oxygen atoms in total.